The summed E-state index contributed by atoms with van der Waals surface area (Å²) in [7, 11) is -1.93. The fraction of sp³-hybridized carbons (Fsp3) is 0.286. The van der Waals surface area contributed by atoms with Crippen LogP contribution >= 0.6 is 0 Å². The number of imidazole rings is 1. The SMILES string of the molecule is COc1ccc(S(=O)(=O)N2CCc3nc[nH]c3C2)cc1.O=CNO. The molecule has 0 spiro atoms. The lowest BCUT2D eigenvalue weighted by atomic mass is 10.2. The number of benzene rings is 1. The van der Waals surface area contributed by atoms with Crippen LogP contribution in [0.15, 0.2) is 35.5 Å². The van der Waals surface area contributed by atoms with Crippen molar-refractivity contribution in [1.29, 1.82) is 0 Å². The van der Waals surface area contributed by atoms with Gasteiger partial charge in [0.15, 0.2) is 0 Å². The number of hydrogen-bond acceptors (Lipinski definition) is 6. The van der Waals surface area contributed by atoms with Gasteiger partial charge in [-0.05, 0) is 24.3 Å². The number of fused-ring (bicyclic) bond motifs is 1. The van der Waals surface area contributed by atoms with E-state index in [-0.39, 0.29) is 11.3 Å². The first kappa shape index (κ1) is 17.9. The van der Waals surface area contributed by atoms with E-state index in [1.807, 2.05) is 0 Å². The fourth-order valence-corrected chi connectivity index (χ4v) is 3.70. The van der Waals surface area contributed by atoms with E-state index in [9.17, 15) is 8.42 Å². The second-order valence-electron chi connectivity index (χ2n) is 4.84. The Kier molecular flexibility index (Phi) is 5.90. The van der Waals surface area contributed by atoms with Crippen molar-refractivity contribution in [2.45, 2.75) is 17.9 Å². The van der Waals surface area contributed by atoms with Crippen molar-refractivity contribution in [2.24, 2.45) is 0 Å². The number of aromatic nitrogens is 2. The van der Waals surface area contributed by atoms with Gasteiger partial charge in [-0.1, -0.05) is 0 Å². The molecule has 2 aromatic rings. The summed E-state index contributed by atoms with van der Waals surface area (Å²) < 4.78 is 31.6. The molecule has 1 aromatic heterocycles. The highest BCUT2D eigenvalue weighted by Crippen LogP contribution is 2.24. The average molecular weight is 354 g/mol. The summed E-state index contributed by atoms with van der Waals surface area (Å²) in [5, 5.41) is 7.26. The van der Waals surface area contributed by atoms with Gasteiger partial charge in [0.1, 0.15) is 5.75 Å². The first-order valence-electron chi connectivity index (χ1n) is 7.01. The molecule has 2 heterocycles. The third kappa shape index (κ3) is 3.91. The van der Waals surface area contributed by atoms with E-state index < -0.39 is 10.0 Å². The molecule has 3 rings (SSSR count). The fourth-order valence-electron chi connectivity index (χ4n) is 2.29. The number of rotatable bonds is 4. The van der Waals surface area contributed by atoms with Crippen molar-refractivity contribution in [2.75, 3.05) is 13.7 Å². The predicted molar refractivity (Wildman–Crippen MR) is 83.9 cm³/mol. The smallest absolute Gasteiger partial charge is 0.243 e. The van der Waals surface area contributed by atoms with Gasteiger partial charge in [-0.2, -0.15) is 4.31 Å². The predicted octanol–water partition coefficient (Wildman–Crippen LogP) is 0.287. The lowest BCUT2D eigenvalue weighted by Gasteiger charge is -2.25. The first-order valence-corrected chi connectivity index (χ1v) is 8.45. The quantitative estimate of drug-likeness (QED) is 0.412. The van der Waals surface area contributed by atoms with E-state index in [0.29, 0.717) is 25.3 Å². The molecule has 0 atom stereocenters. The molecule has 0 saturated carbocycles. The van der Waals surface area contributed by atoms with Gasteiger partial charge >= 0.3 is 0 Å². The van der Waals surface area contributed by atoms with E-state index in [0.717, 1.165) is 11.4 Å². The van der Waals surface area contributed by atoms with Crippen molar-refractivity contribution in [1.82, 2.24) is 19.8 Å². The highest BCUT2D eigenvalue weighted by Gasteiger charge is 2.29. The number of sulfonamides is 1. The molecule has 1 aliphatic rings. The van der Waals surface area contributed by atoms with Gasteiger partial charge < -0.3 is 9.72 Å². The Morgan fingerprint density at radius 2 is 2.04 bits per heavy atom. The molecule has 10 heteroatoms. The Bertz CT molecular complexity index is 773. The summed E-state index contributed by atoms with van der Waals surface area (Å²) >= 11 is 0. The van der Waals surface area contributed by atoms with Crippen LogP contribution in [-0.2, 0) is 27.8 Å². The number of nitrogens with zero attached hydrogens (tertiary/aromatic N) is 2. The zero-order valence-corrected chi connectivity index (χ0v) is 13.8. The number of aromatic amines is 1. The molecule has 0 radical (unpaired) electrons. The van der Waals surface area contributed by atoms with Gasteiger partial charge in [0.2, 0.25) is 16.4 Å². The van der Waals surface area contributed by atoms with Crippen LogP contribution in [0.4, 0.5) is 0 Å². The summed E-state index contributed by atoms with van der Waals surface area (Å²) in [4.78, 5) is 16.3. The van der Waals surface area contributed by atoms with E-state index in [2.05, 4.69) is 9.97 Å². The van der Waals surface area contributed by atoms with Crippen LogP contribution < -0.4 is 10.2 Å². The lowest BCUT2D eigenvalue weighted by molar-refractivity contribution is -0.116. The summed E-state index contributed by atoms with van der Waals surface area (Å²) in [6.07, 6.45) is 2.42. The van der Waals surface area contributed by atoms with Gasteiger partial charge in [0.05, 0.1) is 36.3 Å². The standard InChI is InChI=1S/C13H15N3O3S.CH3NO2/c1-19-10-2-4-11(5-3-10)20(17,18)16-7-6-12-13(8-16)15-9-14-12;3-1-2-4/h2-5,9H,6-8H2,1H3,(H,14,15);1,4H,(H,2,3). The molecular formula is C14H18N4O5S. The van der Waals surface area contributed by atoms with E-state index in [1.165, 1.54) is 9.79 Å². The minimum absolute atomic E-state index is 0.181. The summed E-state index contributed by atoms with van der Waals surface area (Å²) in [5.41, 5.74) is 3.07. The number of H-pyrrole nitrogens is 1. The molecule has 1 amide bonds. The Morgan fingerprint density at radius 1 is 1.38 bits per heavy atom. The maximum Gasteiger partial charge on any atom is 0.243 e. The van der Waals surface area contributed by atoms with Crippen LogP contribution in [0.1, 0.15) is 11.4 Å². The second kappa shape index (κ2) is 7.90. The Hall–Kier alpha value is -2.43. The number of hydroxylamine groups is 1. The number of ether oxygens (including phenoxy) is 1. The molecule has 0 saturated heterocycles. The number of hydrogen-bond donors (Lipinski definition) is 3. The van der Waals surface area contributed by atoms with E-state index in [4.69, 9.17) is 14.7 Å². The molecule has 130 valence electrons. The topological polar surface area (TPSA) is 125 Å². The maximum atomic E-state index is 12.6. The molecule has 0 fully saturated rings. The van der Waals surface area contributed by atoms with Crippen LogP contribution in [0.3, 0.4) is 0 Å². The zero-order valence-electron chi connectivity index (χ0n) is 13.0. The summed E-state index contributed by atoms with van der Waals surface area (Å²) in [6.45, 7) is 0.788. The van der Waals surface area contributed by atoms with Crippen LogP contribution in [0.25, 0.3) is 0 Å². The first-order chi connectivity index (χ1) is 11.5. The number of carbonyl (C=O) groups excluding carboxylic acids is 1. The van der Waals surface area contributed by atoms with Gasteiger partial charge in [0.25, 0.3) is 0 Å². The Labute approximate surface area is 139 Å². The van der Waals surface area contributed by atoms with Gasteiger partial charge in [-0.15, -0.1) is 0 Å². The van der Waals surface area contributed by atoms with Crippen LogP contribution in [0, 0.1) is 0 Å². The number of carbonyl (C=O) groups is 1. The summed E-state index contributed by atoms with van der Waals surface area (Å²) in [5.74, 6) is 0.637. The van der Waals surface area contributed by atoms with Crippen LogP contribution in [-0.4, -0.2) is 48.0 Å². The maximum absolute atomic E-state index is 12.6. The Morgan fingerprint density at radius 3 is 2.62 bits per heavy atom. The third-order valence-corrected chi connectivity index (χ3v) is 5.35. The van der Waals surface area contributed by atoms with Crippen molar-refractivity contribution in [3.63, 3.8) is 0 Å². The van der Waals surface area contributed by atoms with Gasteiger partial charge in [-0.3, -0.25) is 10.0 Å². The third-order valence-electron chi connectivity index (χ3n) is 3.49. The van der Waals surface area contributed by atoms with E-state index in [1.54, 1.807) is 37.7 Å². The van der Waals surface area contributed by atoms with Gasteiger partial charge in [-0.25, -0.2) is 18.9 Å². The minimum Gasteiger partial charge on any atom is -0.497 e. The number of methoxy groups -OCH3 is 1. The highest BCUT2D eigenvalue weighted by atomic mass is 32.2. The van der Waals surface area contributed by atoms with E-state index >= 15 is 0 Å². The monoisotopic (exact) mass is 354 g/mol. The molecule has 1 aliphatic heterocycles. The summed E-state index contributed by atoms with van der Waals surface area (Å²) in [6, 6.07) is 6.43. The molecule has 3 N–H and O–H groups in total. The lowest BCUT2D eigenvalue weighted by Crippen LogP contribution is -2.36. The van der Waals surface area contributed by atoms with Crippen molar-refractivity contribution in [3.8, 4) is 5.75 Å². The molecular weight excluding hydrogens is 336 g/mol. The molecule has 1 aromatic carbocycles. The van der Waals surface area contributed by atoms with Crippen molar-refractivity contribution in [3.05, 3.63) is 42.0 Å². The zero-order chi connectivity index (χ0) is 17.6. The molecule has 24 heavy (non-hydrogen) atoms. The molecule has 0 aliphatic carbocycles. The van der Waals surface area contributed by atoms with Gasteiger partial charge in [0, 0.05) is 13.0 Å². The van der Waals surface area contributed by atoms with Crippen molar-refractivity contribution < 1.29 is 23.2 Å². The number of nitrogens with one attached hydrogen (secondary N) is 2. The average Bonchev–Trinajstić information content (AvgIpc) is 3.09. The minimum atomic E-state index is -3.48. The normalized spacial score (nSPS) is 14.1. The Balaban J connectivity index is 0.000000471. The van der Waals surface area contributed by atoms with Crippen LogP contribution in [0.2, 0.25) is 0 Å². The van der Waals surface area contributed by atoms with Crippen LogP contribution in [0.5, 0.6) is 5.75 Å². The largest absolute Gasteiger partial charge is 0.497 e. The second-order valence-corrected chi connectivity index (χ2v) is 6.78. The molecule has 0 unspecified atom stereocenters. The molecule has 0 bridgehead atoms. The van der Waals surface area contributed by atoms with Crippen molar-refractivity contribution >= 4 is 16.4 Å². The highest BCUT2D eigenvalue weighted by molar-refractivity contribution is 7.89. The molecule has 9 nitrogen and oxygen atoms in total. The number of amides is 1.